The Balaban J connectivity index is 2.11. The molecule has 1 N–H and O–H groups in total. The van der Waals surface area contributed by atoms with E-state index in [0.717, 1.165) is 17.9 Å². The molecule has 0 spiro atoms. The Hall–Kier alpha value is -1.55. The van der Waals surface area contributed by atoms with Gasteiger partial charge in [0.2, 0.25) is 0 Å². The number of methoxy groups -OCH3 is 2. The smallest absolute Gasteiger partial charge is 0.327 e. The number of hydrogen-bond acceptors (Lipinski definition) is 4. The average Bonchev–Trinajstić information content (AvgIpc) is 3.23. The number of ether oxygens (including phenoxy) is 2. The van der Waals surface area contributed by atoms with Gasteiger partial charge in [0.25, 0.3) is 0 Å². The van der Waals surface area contributed by atoms with E-state index in [0.29, 0.717) is 5.92 Å². The maximum atomic E-state index is 11.8. The lowest BCUT2D eigenvalue weighted by Crippen LogP contribution is -2.31. The van der Waals surface area contributed by atoms with Gasteiger partial charge in [0.15, 0.2) is 0 Å². The third-order valence-corrected chi connectivity index (χ3v) is 3.17. The Morgan fingerprint density at radius 2 is 2.22 bits per heavy atom. The molecule has 4 nitrogen and oxygen atoms in total. The van der Waals surface area contributed by atoms with Gasteiger partial charge in [-0.25, -0.2) is 4.79 Å². The molecule has 0 aromatic heterocycles. The van der Waals surface area contributed by atoms with E-state index >= 15 is 0 Å². The van der Waals surface area contributed by atoms with Gasteiger partial charge in [0.1, 0.15) is 11.8 Å². The van der Waals surface area contributed by atoms with Crippen molar-refractivity contribution in [3.05, 3.63) is 29.8 Å². The van der Waals surface area contributed by atoms with Crippen LogP contribution in [0.2, 0.25) is 0 Å². The molecule has 0 aliphatic heterocycles. The lowest BCUT2D eigenvalue weighted by molar-refractivity contribution is -0.143. The van der Waals surface area contributed by atoms with Crippen LogP contribution in [0.25, 0.3) is 0 Å². The van der Waals surface area contributed by atoms with E-state index in [1.54, 1.807) is 7.11 Å². The zero-order valence-electron chi connectivity index (χ0n) is 10.8. The molecule has 0 radical (unpaired) electrons. The zero-order valence-corrected chi connectivity index (χ0v) is 10.8. The van der Waals surface area contributed by atoms with E-state index in [9.17, 15) is 4.79 Å². The summed E-state index contributed by atoms with van der Waals surface area (Å²) in [5.74, 6) is 1.20. The predicted molar refractivity (Wildman–Crippen MR) is 68.5 cm³/mol. The van der Waals surface area contributed by atoms with Crippen LogP contribution in [0, 0.1) is 5.92 Å². The van der Waals surface area contributed by atoms with Crippen LogP contribution in [0.4, 0.5) is 0 Å². The Morgan fingerprint density at radius 3 is 2.83 bits per heavy atom. The normalized spacial score (nSPS) is 16.1. The van der Waals surface area contributed by atoms with Crippen LogP contribution < -0.4 is 10.1 Å². The molecule has 1 aromatic carbocycles. The molecule has 1 fully saturated rings. The van der Waals surface area contributed by atoms with Crippen molar-refractivity contribution >= 4 is 5.97 Å². The SMILES string of the molecule is COC(=O)C(NCC1CC1)c1cccc(OC)c1. The van der Waals surface area contributed by atoms with Crippen LogP contribution in [-0.2, 0) is 9.53 Å². The van der Waals surface area contributed by atoms with Gasteiger partial charge in [-0.15, -0.1) is 0 Å². The first-order chi connectivity index (χ1) is 8.74. The minimum Gasteiger partial charge on any atom is -0.497 e. The van der Waals surface area contributed by atoms with Gasteiger partial charge in [0.05, 0.1) is 14.2 Å². The van der Waals surface area contributed by atoms with Gasteiger partial charge in [-0.05, 0) is 43.0 Å². The van der Waals surface area contributed by atoms with Gasteiger partial charge < -0.3 is 14.8 Å². The van der Waals surface area contributed by atoms with Crippen molar-refractivity contribution in [1.82, 2.24) is 5.32 Å². The summed E-state index contributed by atoms with van der Waals surface area (Å²) in [5, 5.41) is 3.27. The van der Waals surface area contributed by atoms with Crippen molar-refractivity contribution in [3.8, 4) is 5.75 Å². The molecule has 1 saturated carbocycles. The first kappa shape index (κ1) is 12.9. The summed E-state index contributed by atoms with van der Waals surface area (Å²) in [4.78, 5) is 11.8. The summed E-state index contributed by atoms with van der Waals surface area (Å²) in [6.07, 6.45) is 2.50. The largest absolute Gasteiger partial charge is 0.497 e. The van der Waals surface area contributed by atoms with E-state index in [1.165, 1.54) is 20.0 Å². The number of hydrogen-bond donors (Lipinski definition) is 1. The van der Waals surface area contributed by atoms with Gasteiger partial charge in [-0.3, -0.25) is 0 Å². The van der Waals surface area contributed by atoms with Gasteiger partial charge >= 0.3 is 5.97 Å². The average molecular weight is 249 g/mol. The summed E-state index contributed by atoms with van der Waals surface area (Å²) in [7, 11) is 3.03. The van der Waals surface area contributed by atoms with Gasteiger partial charge in [-0.2, -0.15) is 0 Å². The molecule has 1 atom stereocenters. The van der Waals surface area contributed by atoms with Crippen LogP contribution in [0.5, 0.6) is 5.75 Å². The molecule has 0 heterocycles. The summed E-state index contributed by atoms with van der Waals surface area (Å²) < 4.78 is 10.0. The van der Waals surface area contributed by atoms with Crippen molar-refractivity contribution in [2.24, 2.45) is 5.92 Å². The third-order valence-electron chi connectivity index (χ3n) is 3.17. The highest BCUT2D eigenvalue weighted by molar-refractivity contribution is 5.77. The monoisotopic (exact) mass is 249 g/mol. The number of carbonyl (C=O) groups is 1. The molecular weight excluding hydrogens is 230 g/mol. The second-order valence-electron chi connectivity index (χ2n) is 4.58. The summed E-state index contributed by atoms with van der Waals surface area (Å²) in [5.41, 5.74) is 0.877. The molecule has 4 heteroatoms. The van der Waals surface area contributed by atoms with Crippen molar-refractivity contribution in [2.45, 2.75) is 18.9 Å². The number of carbonyl (C=O) groups excluding carboxylic acids is 1. The lowest BCUT2D eigenvalue weighted by atomic mass is 10.1. The quantitative estimate of drug-likeness (QED) is 0.782. The second kappa shape index (κ2) is 5.87. The Bertz CT molecular complexity index is 415. The first-order valence-corrected chi connectivity index (χ1v) is 6.19. The van der Waals surface area contributed by atoms with Crippen LogP contribution in [0.3, 0.4) is 0 Å². The van der Waals surface area contributed by atoms with E-state index in [1.807, 2.05) is 24.3 Å². The van der Waals surface area contributed by atoms with Crippen molar-refractivity contribution in [3.63, 3.8) is 0 Å². The first-order valence-electron chi connectivity index (χ1n) is 6.19. The van der Waals surface area contributed by atoms with Crippen molar-refractivity contribution < 1.29 is 14.3 Å². The Kier molecular flexibility index (Phi) is 4.20. The Labute approximate surface area is 107 Å². The number of rotatable bonds is 6. The fraction of sp³-hybridized carbons (Fsp3) is 0.500. The summed E-state index contributed by atoms with van der Waals surface area (Å²) in [6, 6.07) is 7.10. The van der Waals surface area contributed by atoms with E-state index in [-0.39, 0.29) is 5.97 Å². The molecule has 1 aromatic rings. The summed E-state index contributed by atoms with van der Waals surface area (Å²) in [6.45, 7) is 0.858. The Morgan fingerprint density at radius 1 is 1.44 bits per heavy atom. The molecule has 1 aliphatic carbocycles. The highest BCUT2D eigenvalue weighted by atomic mass is 16.5. The minimum atomic E-state index is -0.411. The standard InChI is InChI=1S/C14H19NO3/c1-17-12-5-3-4-11(8-12)13(14(16)18-2)15-9-10-6-7-10/h3-5,8,10,13,15H,6-7,9H2,1-2H3. The zero-order chi connectivity index (χ0) is 13.0. The molecule has 1 aliphatic rings. The van der Waals surface area contributed by atoms with Gasteiger partial charge in [0, 0.05) is 0 Å². The fourth-order valence-corrected chi connectivity index (χ4v) is 1.88. The molecule has 18 heavy (non-hydrogen) atoms. The van der Waals surface area contributed by atoms with Gasteiger partial charge in [-0.1, -0.05) is 12.1 Å². The molecule has 1 unspecified atom stereocenters. The maximum Gasteiger partial charge on any atom is 0.327 e. The second-order valence-corrected chi connectivity index (χ2v) is 4.58. The van der Waals surface area contributed by atoms with Crippen LogP contribution >= 0.6 is 0 Å². The maximum absolute atomic E-state index is 11.8. The summed E-state index contributed by atoms with van der Waals surface area (Å²) >= 11 is 0. The highest BCUT2D eigenvalue weighted by Gasteiger charge is 2.26. The topological polar surface area (TPSA) is 47.6 Å². The van der Waals surface area contributed by atoms with Crippen molar-refractivity contribution in [1.29, 1.82) is 0 Å². The molecule has 98 valence electrons. The van der Waals surface area contributed by atoms with Crippen LogP contribution in [0.15, 0.2) is 24.3 Å². The predicted octanol–water partition coefficient (Wildman–Crippen LogP) is 1.91. The van der Waals surface area contributed by atoms with E-state index < -0.39 is 6.04 Å². The molecule has 0 amide bonds. The molecule has 2 rings (SSSR count). The van der Waals surface area contributed by atoms with E-state index in [4.69, 9.17) is 9.47 Å². The van der Waals surface area contributed by atoms with Crippen LogP contribution in [-0.4, -0.2) is 26.7 Å². The van der Waals surface area contributed by atoms with E-state index in [2.05, 4.69) is 5.32 Å². The van der Waals surface area contributed by atoms with Crippen molar-refractivity contribution in [2.75, 3.05) is 20.8 Å². The third kappa shape index (κ3) is 3.23. The van der Waals surface area contributed by atoms with Crippen LogP contribution in [0.1, 0.15) is 24.4 Å². The lowest BCUT2D eigenvalue weighted by Gasteiger charge is -2.17. The number of esters is 1. The molecule has 0 bridgehead atoms. The highest BCUT2D eigenvalue weighted by Crippen LogP contribution is 2.29. The number of benzene rings is 1. The molecular formula is C14H19NO3. The molecule has 0 saturated heterocycles. The minimum absolute atomic E-state index is 0.260. The fourth-order valence-electron chi connectivity index (χ4n) is 1.88. The number of nitrogens with one attached hydrogen (secondary N) is 1.